The highest BCUT2D eigenvalue weighted by Crippen LogP contribution is 1.97. The Labute approximate surface area is 130 Å². The maximum Gasteiger partial charge on any atom is 0.550 e. The van der Waals surface area contributed by atoms with E-state index in [0.29, 0.717) is 0 Å². The van der Waals surface area contributed by atoms with Crippen LogP contribution in [0.15, 0.2) is 0 Å². The maximum atomic E-state index is 11.1. The molecular weight excluding hydrogens is 296 g/mol. The summed E-state index contributed by atoms with van der Waals surface area (Å²) in [4.78, 5) is 30.3. The summed E-state index contributed by atoms with van der Waals surface area (Å²) in [6.07, 6.45) is -0.381. The van der Waals surface area contributed by atoms with Gasteiger partial charge in [0, 0.05) is 0 Å². The highest BCUT2D eigenvalue weighted by Gasteiger charge is 2.12. The Morgan fingerprint density at radius 3 is 1.41 bits per heavy atom. The Hall–Kier alpha value is -1.54. The van der Waals surface area contributed by atoms with E-state index in [4.69, 9.17) is 9.47 Å². The number of carbonyl (C=O) groups is 2. The fraction of sp³-hybridized carbons (Fsp3) is 0.857. The Morgan fingerprint density at radius 1 is 0.727 bits per heavy atom. The summed E-state index contributed by atoms with van der Waals surface area (Å²) in [5, 5.41) is 0. The molecule has 0 aliphatic carbocycles. The summed E-state index contributed by atoms with van der Waals surface area (Å²) in [5.41, 5.74) is 0. The second-order valence-corrected chi connectivity index (χ2v) is 4.54. The van der Waals surface area contributed by atoms with Gasteiger partial charge in [-0.3, -0.25) is 0 Å². The second kappa shape index (κ2) is 13.1. The van der Waals surface area contributed by atoms with Crippen LogP contribution in [0.1, 0.15) is 40.5 Å². The predicted molar refractivity (Wildman–Crippen MR) is 76.3 cm³/mol. The number of ether oxygens (including phenoxy) is 4. The quantitative estimate of drug-likeness (QED) is 0.262. The van der Waals surface area contributed by atoms with Crippen LogP contribution in [0, 0.1) is 0 Å². The van der Waals surface area contributed by atoms with Crippen LogP contribution in [0.3, 0.4) is 0 Å². The normalized spacial score (nSPS) is 13.1. The topological polar surface area (TPSA) is 89.5 Å². The summed E-state index contributed by atoms with van der Waals surface area (Å²) in [6.45, 7) is 8.25. The predicted octanol–water partition coefficient (Wildman–Crippen LogP) is 2.84. The molecular formula is C14H26O8. The van der Waals surface area contributed by atoms with Crippen LogP contribution in [0.25, 0.3) is 0 Å². The van der Waals surface area contributed by atoms with Crippen LogP contribution in [-0.2, 0) is 28.7 Å². The molecule has 0 aromatic heterocycles. The van der Waals surface area contributed by atoms with Crippen molar-refractivity contribution in [2.45, 2.75) is 52.7 Å². The van der Waals surface area contributed by atoms with Crippen LogP contribution in [0.4, 0.5) is 9.59 Å². The first-order chi connectivity index (χ1) is 10.5. The Kier molecular flexibility index (Phi) is 12.2. The van der Waals surface area contributed by atoms with Gasteiger partial charge in [-0.25, -0.2) is 0 Å². The first-order valence-corrected chi connectivity index (χ1v) is 7.40. The summed E-state index contributed by atoms with van der Waals surface area (Å²) in [5.74, 6) is 0. The van der Waals surface area contributed by atoms with E-state index in [0.717, 1.165) is 12.8 Å². The van der Waals surface area contributed by atoms with Gasteiger partial charge >= 0.3 is 12.3 Å². The van der Waals surface area contributed by atoms with Crippen molar-refractivity contribution in [1.29, 1.82) is 0 Å². The van der Waals surface area contributed by atoms with Crippen molar-refractivity contribution >= 4 is 12.3 Å². The third kappa shape index (κ3) is 12.2. The summed E-state index contributed by atoms with van der Waals surface area (Å²) < 4.78 is 19.8. The summed E-state index contributed by atoms with van der Waals surface area (Å²) in [6, 6.07) is 0. The number of hydrogen-bond acceptors (Lipinski definition) is 8. The average molecular weight is 322 g/mol. The molecule has 0 bridgehead atoms. The molecule has 0 aromatic carbocycles. The lowest BCUT2D eigenvalue weighted by Gasteiger charge is -2.10. The number of rotatable bonds is 10. The molecule has 2 atom stereocenters. The van der Waals surface area contributed by atoms with Gasteiger partial charge in [-0.1, -0.05) is 13.8 Å². The molecule has 0 aliphatic heterocycles. The fourth-order valence-electron chi connectivity index (χ4n) is 1.10. The van der Waals surface area contributed by atoms with Crippen LogP contribution in [0.2, 0.25) is 0 Å². The molecule has 0 saturated carbocycles. The van der Waals surface area contributed by atoms with Gasteiger partial charge in [0.2, 0.25) is 0 Å². The molecule has 0 rings (SSSR count). The molecule has 22 heavy (non-hydrogen) atoms. The van der Waals surface area contributed by atoms with Crippen molar-refractivity contribution < 1.29 is 38.3 Å². The summed E-state index contributed by atoms with van der Waals surface area (Å²) in [7, 11) is 0. The molecule has 0 amide bonds. The van der Waals surface area contributed by atoms with Crippen molar-refractivity contribution in [3.8, 4) is 0 Å². The lowest BCUT2D eigenvalue weighted by Crippen LogP contribution is -2.19. The Bertz CT molecular complexity index is 277. The van der Waals surface area contributed by atoms with Crippen LogP contribution >= 0.6 is 0 Å². The van der Waals surface area contributed by atoms with Crippen molar-refractivity contribution in [3.63, 3.8) is 0 Å². The molecule has 0 aliphatic rings. The van der Waals surface area contributed by atoms with Crippen LogP contribution in [-0.4, -0.2) is 50.9 Å². The largest absolute Gasteiger partial charge is 0.550 e. The van der Waals surface area contributed by atoms with Crippen molar-refractivity contribution in [3.05, 3.63) is 0 Å². The van der Waals surface area contributed by atoms with Gasteiger partial charge in [-0.15, -0.1) is 0 Å². The highest BCUT2D eigenvalue weighted by atomic mass is 17.3. The highest BCUT2D eigenvalue weighted by molar-refractivity contribution is 5.63. The van der Waals surface area contributed by atoms with Gasteiger partial charge in [-0.2, -0.15) is 19.4 Å². The molecule has 0 spiro atoms. The molecule has 0 radical (unpaired) electrons. The average Bonchev–Trinajstić information content (AvgIpc) is 2.52. The molecule has 8 nitrogen and oxygen atoms in total. The smallest absolute Gasteiger partial charge is 0.429 e. The molecule has 0 N–H and O–H groups in total. The third-order valence-corrected chi connectivity index (χ3v) is 2.74. The van der Waals surface area contributed by atoms with Crippen molar-refractivity contribution in [2.75, 3.05) is 26.4 Å². The summed E-state index contributed by atoms with van der Waals surface area (Å²) >= 11 is 0. The van der Waals surface area contributed by atoms with E-state index in [9.17, 15) is 9.59 Å². The van der Waals surface area contributed by atoms with E-state index in [1.54, 1.807) is 0 Å². The zero-order chi connectivity index (χ0) is 16.8. The first-order valence-electron chi connectivity index (χ1n) is 7.40. The van der Waals surface area contributed by atoms with Crippen molar-refractivity contribution in [1.82, 2.24) is 0 Å². The van der Waals surface area contributed by atoms with E-state index in [2.05, 4.69) is 19.2 Å². The minimum Gasteiger partial charge on any atom is -0.429 e. The number of hydrogen-bond donors (Lipinski definition) is 0. The molecule has 8 heteroatoms. The van der Waals surface area contributed by atoms with Gasteiger partial charge in [0.1, 0.15) is 13.2 Å². The lowest BCUT2D eigenvalue weighted by atomic mass is 10.3. The van der Waals surface area contributed by atoms with Gasteiger partial charge in [0.25, 0.3) is 0 Å². The van der Waals surface area contributed by atoms with Crippen LogP contribution < -0.4 is 0 Å². The van der Waals surface area contributed by atoms with E-state index in [1.807, 2.05) is 27.7 Å². The van der Waals surface area contributed by atoms with Gasteiger partial charge in [-0.05, 0) is 26.7 Å². The molecule has 0 aromatic rings. The van der Waals surface area contributed by atoms with E-state index in [-0.39, 0.29) is 38.6 Å². The zero-order valence-corrected chi connectivity index (χ0v) is 13.7. The van der Waals surface area contributed by atoms with Crippen LogP contribution in [0.5, 0.6) is 0 Å². The fourth-order valence-corrected chi connectivity index (χ4v) is 1.10. The Morgan fingerprint density at radius 2 is 1.09 bits per heavy atom. The van der Waals surface area contributed by atoms with Gasteiger partial charge in [0.15, 0.2) is 0 Å². The number of carbonyl (C=O) groups excluding carboxylic acids is 2. The standard InChI is InChI=1S/C14H26O8/c1-5-11(3)17-7-9-19-13(15)21-22-14(16)20-10-8-18-12(4)6-2/h11-12H,5-10H2,1-4H3. The zero-order valence-electron chi connectivity index (χ0n) is 13.7. The minimum atomic E-state index is -1.14. The van der Waals surface area contributed by atoms with Gasteiger partial charge in [0.05, 0.1) is 25.4 Å². The maximum absolute atomic E-state index is 11.1. The third-order valence-electron chi connectivity index (χ3n) is 2.74. The molecule has 0 heterocycles. The second-order valence-electron chi connectivity index (χ2n) is 4.54. The van der Waals surface area contributed by atoms with E-state index >= 15 is 0 Å². The van der Waals surface area contributed by atoms with E-state index in [1.165, 1.54) is 0 Å². The first kappa shape index (κ1) is 20.5. The minimum absolute atomic E-state index is 0.00429. The lowest BCUT2D eigenvalue weighted by molar-refractivity contribution is -0.219. The van der Waals surface area contributed by atoms with E-state index < -0.39 is 12.3 Å². The van der Waals surface area contributed by atoms with Gasteiger partial charge < -0.3 is 18.9 Å². The van der Waals surface area contributed by atoms with Crippen molar-refractivity contribution in [2.24, 2.45) is 0 Å². The molecule has 0 fully saturated rings. The molecule has 2 unspecified atom stereocenters. The SMILES string of the molecule is CCC(C)OCCOC(=O)OOC(=O)OCCOC(C)CC. The monoisotopic (exact) mass is 322 g/mol. The molecule has 130 valence electrons. The Balaban J connectivity index is 3.50. The molecule has 0 saturated heterocycles.